The van der Waals surface area contributed by atoms with Crippen molar-refractivity contribution < 1.29 is 19.1 Å². The Morgan fingerprint density at radius 1 is 1.16 bits per heavy atom. The highest BCUT2D eigenvalue weighted by molar-refractivity contribution is 5.72. The third kappa shape index (κ3) is 5.94. The number of alkyl carbamates (subject to hydrolysis) is 1. The Hall–Kier alpha value is -1.26. The molecule has 5 heteroatoms. The topological polar surface area (TPSA) is 64.6 Å². The SMILES string of the molecule is COC(=O)[C@H]1CC[C@H](CNC(=O)OC(C)(C)C)CC1. The molecular formula is C14H25NO4. The van der Waals surface area contributed by atoms with Crippen molar-refractivity contribution in [1.82, 2.24) is 5.32 Å². The van der Waals surface area contributed by atoms with Gasteiger partial charge in [-0.3, -0.25) is 4.79 Å². The van der Waals surface area contributed by atoms with E-state index in [1.54, 1.807) is 0 Å². The summed E-state index contributed by atoms with van der Waals surface area (Å²) >= 11 is 0. The van der Waals surface area contributed by atoms with Crippen LogP contribution in [-0.4, -0.2) is 31.3 Å². The molecule has 1 amide bonds. The van der Waals surface area contributed by atoms with Crippen LogP contribution >= 0.6 is 0 Å². The summed E-state index contributed by atoms with van der Waals surface area (Å²) in [7, 11) is 1.43. The van der Waals surface area contributed by atoms with Gasteiger partial charge in [0.05, 0.1) is 13.0 Å². The quantitative estimate of drug-likeness (QED) is 0.801. The summed E-state index contributed by atoms with van der Waals surface area (Å²) in [4.78, 5) is 22.9. The van der Waals surface area contributed by atoms with Gasteiger partial charge in [0.15, 0.2) is 0 Å². The number of ether oxygens (including phenoxy) is 2. The van der Waals surface area contributed by atoms with Crippen molar-refractivity contribution in [2.45, 2.75) is 52.1 Å². The summed E-state index contributed by atoms with van der Waals surface area (Å²) in [6.45, 7) is 6.14. The first-order chi connectivity index (χ1) is 8.81. The molecule has 0 aromatic heterocycles. The predicted octanol–water partition coefficient (Wildman–Crippen LogP) is 2.49. The molecule has 1 rings (SSSR count). The van der Waals surface area contributed by atoms with Crippen molar-refractivity contribution in [3.63, 3.8) is 0 Å². The Kier molecular flexibility index (Phi) is 5.63. The molecule has 1 N–H and O–H groups in total. The van der Waals surface area contributed by atoms with E-state index in [9.17, 15) is 9.59 Å². The van der Waals surface area contributed by atoms with Crippen LogP contribution in [0.3, 0.4) is 0 Å². The molecule has 1 aliphatic carbocycles. The van der Waals surface area contributed by atoms with Gasteiger partial charge in [-0.1, -0.05) is 0 Å². The van der Waals surface area contributed by atoms with Crippen LogP contribution in [0.1, 0.15) is 46.5 Å². The highest BCUT2D eigenvalue weighted by Crippen LogP contribution is 2.29. The molecule has 0 radical (unpaired) electrons. The Bertz CT molecular complexity index is 314. The van der Waals surface area contributed by atoms with Gasteiger partial charge in [0.2, 0.25) is 0 Å². The van der Waals surface area contributed by atoms with Gasteiger partial charge >= 0.3 is 12.1 Å². The number of amides is 1. The van der Waals surface area contributed by atoms with Crippen molar-refractivity contribution in [2.75, 3.05) is 13.7 Å². The number of carbonyl (C=O) groups excluding carboxylic acids is 2. The minimum Gasteiger partial charge on any atom is -0.469 e. The average Bonchev–Trinajstić information content (AvgIpc) is 2.34. The van der Waals surface area contributed by atoms with Gasteiger partial charge in [-0.15, -0.1) is 0 Å². The summed E-state index contributed by atoms with van der Waals surface area (Å²) in [5.74, 6) is 0.342. The molecule has 1 saturated carbocycles. The monoisotopic (exact) mass is 271 g/mol. The van der Waals surface area contributed by atoms with Gasteiger partial charge in [-0.05, 0) is 52.4 Å². The van der Waals surface area contributed by atoms with E-state index in [2.05, 4.69) is 5.32 Å². The fourth-order valence-electron chi connectivity index (χ4n) is 2.31. The molecular weight excluding hydrogens is 246 g/mol. The lowest BCUT2D eigenvalue weighted by atomic mass is 9.82. The van der Waals surface area contributed by atoms with Crippen LogP contribution in [0.25, 0.3) is 0 Å². The second-order valence-electron chi connectivity index (χ2n) is 6.12. The zero-order valence-electron chi connectivity index (χ0n) is 12.3. The van der Waals surface area contributed by atoms with Gasteiger partial charge < -0.3 is 14.8 Å². The molecule has 1 aliphatic rings. The van der Waals surface area contributed by atoms with Crippen LogP contribution in [0.5, 0.6) is 0 Å². The first kappa shape index (κ1) is 15.8. The van der Waals surface area contributed by atoms with Gasteiger partial charge in [0.1, 0.15) is 5.60 Å². The second-order valence-corrected chi connectivity index (χ2v) is 6.12. The molecule has 0 unspecified atom stereocenters. The fourth-order valence-corrected chi connectivity index (χ4v) is 2.31. The molecule has 0 spiro atoms. The lowest BCUT2D eigenvalue weighted by Crippen LogP contribution is -2.36. The Morgan fingerprint density at radius 2 is 1.74 bits per heavy atom. The summed E-state index contributed by atoms with van der Waals surface area (Å²) in [5.41, 5.74) is -0.466. The second kappa shape index (κ2) is 6.78. The standard InChI is InChI=1S/C14H25NO4/c1-14(2,3)19-13(17)15-9-10-5-7-11(8-6-10)12(16)18-4/h10-11H,5-9H2,1-4H3,(H,15,17)/t10-,11-. The molecule has 19 heavy (non-hydrogen) atoms. The molecule has 0 aromatic carbocycles. The maximum atomic E-state index is 11.5. The van der Waals surface area contributed by atoms with Gasteiger partial charge in [0, 0.05) is 6.54 Å². The minimum absolute atomic E-state index is 0.0303. The smallest absolute Gasteiger partial charge is 0.407 e. The third-order valence-corrected chi connectivity index (χ3v) is 3.32. The van der Waals surface area contributed by atoms with E-state index in [4.69, 9.17) is 9.47 Å². The van der Waals surface area contributed by atoms with E-state index >= 15 is 0 Å². The lowest BCUT2D eigenvalue weighted by molar-refractivity contribution is -0.146. The maximum Gasteiger partial charge on any atom is 0.407 e. The molecule has 5 nitrogen and oxygen atoms in total. The maximum absolute atomic E-state index is 11.5. The fraction of sp³-hybridized carbons (Fsp3) is 0.857. The summed E-state index contributed by atoms with van der Waals surface area (Å²) in [6.07, 6.45) is 3.19. The molecule has 0 bridgehead atoms. The van der Waals surface area contributed by atoms with Crippen molar-refractivity contribution >= 4 is 12.1 Å². The highest BCUT2D eigenvalue weighted by Gasteiger charge is 2.27. The lowest BCUT2D eigenvalue weighted by Gasteiger charge is -2.27. The molecule has 0 aromatic rings. The summed E-state index contributed by atoms with van der Waals surface area (Å²) in [5, 5.41) is 2.79. The normalized spacial score (nSPS) is 23.6. The first-order valence-electron chi connectivity index (χ1n) is 6.86. The molecule has 0 aliphatic heterocycles. The van der Waals surface area contributed by atoms with Crippen molar-refractivity contribution in [3.05, 3.63) is 0 Å². The van der Waals surface area contributed by atoms with Crippen LogP contribution < -0.4 is 5.32 Å². The summed E-state index contributed by atoms with van der Waals surface area (Å²) < 4.78 is 9.93. The zero-order valence-corrected chi connectivity index (χ0v) is 12.3. The minimum atomic E-state index is -0.466. The van der Waals surface area contributed by atoms with Crippen molar-refractivity contribution in [3.8, 4) is 0 Å². The van der Waals surface area contributed by atoms with Crippen LogP contribution in [0.4, 0.5) is 4.79 Å². The van der Waals surface area contributed by atoms with E-state index in [1.807, 2.05) is 20.8 Å². The average molecular weight is 271 g/mol. The largest absolute Gasteiger partial charge is 0.469 e. The van der Waals surface area contributed by atoms with Crippen LogP contribution in [0.15, 0.2) is 0 Å². The van der Waals surface area contributed by atoms with Crippen molar-refractivity contribution in [1.29, 1.82) is 0 Å². The van der Waals surface area contributed by atoms with Crippen LogP contribution in [-0.2, 0) is 14.3 Å². The first-order valence-corrected chi connectivity index (χ1v) is 6.86. The van der Waals surface area contributed by atoms with Crippen LogP contribution in [0, 0.1) is 11.8 Å². The number of methoxy groups -OCH3 is 1. The van der Waals surface area contributed by atoms with Crippen LogP contribution in [0.2, 0.25) is 0 Å². The zero-order chi connectivity index (χ0) is 14.5. The Labute approximate surface area is 115 Å². The number of hydrogen-bond acceptors (Lipinski definition) is 4. The number of nitrogens with one attached hydrogen (secondary N) is 1. The number of rotatable bonds is 3. The Balaban J connectivity index is 2.23. The Morgan fingerprint density at radius 3 is 2.21 bits per heavy atom. The van der Waals surface area contributed by atoms with E-state index < -0.39 is 5.60 Å². The van der Waals surface area contributed by atoms with E-state index in [1.165, 1.54) is 7.11 Å². The predicted molar refractivity (Wildman–Crippen MR) is 71.7 cm³/mol. The molecule has 1 fully saturated rings. The van der Waals surface area contributed by atoms with Gasteiger partial charge in [-0.2, -0.15) is 0 Å². The third-order valence-electron chi connectivity index (χ3n) is 3.32. The van der Waals surface area contributed by atoms with E-state index in [0.717, 1.165) is 25.7 Å². The highest BCUT2D eigenvalue weighted by atomic mass is 16.6. The number of hydrogen-bond donors (Lipinski definition) is 1. The van der Waals surface area contributed by atoms with Gasteiger partial charge in [0.25, 0.3) is 0 Å². The van der Waals surface area contributed by atoms with Crippen molar-refractivity contribution in [2.24, 2.45) is 11.8 Å². The molecule has 0 saturated heterocycles. The molecule has 0 atom stereocenters. The van der Waals surface area contributed by atoms with E-state index in [-0.39, 0.29) is 18.0 Å². The van der Waals surface area contributed by atoms with E-state index in [0.29, 0.717) is 12.5 Å². The number of esters is 1. The van der Waals surface area contributed by atoms with Gasteiger partial charge in [-0.25, -0.2) is 4.79 Å². The molecule has 0 heterocycles. The number of carbonyl (C=O) groups is 2. The summed E-state index contributed by atoms with van der Waals surface area (Å²) in [6, 6.07) is 0. The molecule has 110 valence electrons.